The molecule has 2 aliphatic rings. The van der Waals surface area contributed by atoms with E-state index in [-0.39, 0.29) is 0 Å². The van der Waals surface area contributed by atoms with Crippen molar-refractivity contribution >= 4 is 15.9 Å². The van der Waals surface area contributed by atoms with Crippen molar-refractivity contribution in [2.75, 3.05) is 5.33 Å². The summed E-state index contributed by atoms with van der Waals surface area (Å²) in [5.41, 5.74) is 1.30. The maximum Gasteiger partial charge on any atom is 0.00704 e. The van der Waals surface area contributed by atoms with Crippen molar-refractivity contribution in [3.8, 4) is 0 Å². The van der Waals surface area contributed by atoms with Crippen molar-refractivity contribution in [2.45, 2.75) is 47.0 Å². The number of alkyl halides is 1. The van der Waals surface area contributed by atoms with Gasteiger partial charge in [-0.05, 0) is 47.8 Å². The van der Waals surface area contributed by atoms with Crippen LogP contribution in [0.4, 0.5) is 0 Å². The molecule has 0 aliphatic heterocycles. The Hall–Kier alpha value is 0.480. The molecule has 1 spiro atoms. The molecule has 0 bridgehead atoms. The summed E-state index contributed by atoms with van der Waals surface area (Å²) in [6.45, 7) is 9.82. The lowest BCUT2D eigenvalue weighted by atomic mass is 9.70. The molecule has 0 saturated heterocycles. The Bertz CT molecular complexity index is 233. The predicted octanol–water partition coefficient (Wildman–Crippen LogP) is 4.48. The van der Waals surface area contributed by atoms with Gasteiger partial charge < -0.3 is 0 Å². The zero-order chi connectivity index (χ0) is 10.6. The molecule has 0 aromatic carbocycles. The molecule has 4 atom stereocenters. The molecule has 0 aromatic rings. The molecule has 82 valence electrons. The molecule has 1 heteroatoms. The molecular formula is C13H23Br. The van der Waals surface area contributed by atoms with Crippen LogP contribution >= 0.6 is 15.9 Å². The van der Waals surface area contributed by atoms with Crippen LogP contribution in [0, 0.1) is 28.6 Å². The molecule has 2 aliphatic carbocycles. The third kappa shape index (κ3) is 1.24. The zero-order valence-electron chi connectivity index (χ0n) is 9.94. The molecule has 4 unspecified atom stereocenters. The van der Waals surface area contributed by atoms with Crippen LogP contribution in [-0.2, 0) is 0 Å². The minimum absolute atomic E-state index is 0.602. The van der Waals surface area contributed by atoms with Crippen molar-refractivity contribution in [3.05, 3.63) is 0 Å². The maximum absolute atomic E-state index is 3.70. The summed E-state index contributed by atoms with van der Waals surface area (Å²) in [6, 6.07) is 0. The Kier molecular flexibility index (Phi) is 2.54. The van der Waals surface area contributed by atoms with E-state index in [2.05, 4.69) is 43.6 Å². The second-order valence-electron chi connectivity index (χ2n) is 6.28. The van der Waals surface area contributed by atoms with Crippen molar-refractivity contribution in [2.24, 2.45) is 28.6 Å². The van der Waals surface area contributed by atoms with E-state index in [0.29, 0.717) is 10.8 Å². The van der Waals surface area contributed by atoms with Crippen LogP contribution in [0.25, 0.3) is 0 Å². The van der Waals surface area contributed by atoms with Gasteiger partial charge in [-0.15, -0.1) is 0 Å². The van der Waals surface area contributed by atoms with Gasteiger partial charge in [-0.25, -0.2) is 0 Å². The zero-order valence-corrected chi connectivity index (χ0v) is 11.5. The summed E-state index contributed by atoms with van der Waals surface area (Å²) in [5.74, 6) is 2.82. The van der Waals surface area contributed by atoms with E-state index in [9.17, 15) is 0 Å². The molecule has 2 saturated carbocycles. The van der Waals surface area contributed by atoms with E-state index in [0.717, 1.165) is 17.8 Å². The van der Waals surface area contributed by atoms with Crippen LogP contribution in [0.15, 0.2) is 0 Å². The predicted molar refractivity (Wildman–Crippen MR) is 65.7 cm³/mol. The molecule has 14 heavy (non-hydrogen) atoms. The number of hydrogen-bond acceptors (Lipinski definition) is 0. The van der Waals surface area contributed by atoms with Crippen LogP contribution in [0.2, 0.25) is 0 Å². The Morgan fingerprint density at radius 2 is 1.86 bits per heavy atom. The largest absolute Gasteiger partial charge is 0.0925 e. The fraction of sp³-hybridized carbons (Fsp3) is 1.00. The third-order valence-electron chi connectivity index (χ3n) is 5.60. The highest BCUT2D eigenvalue weighted by Gasteiger charge is 2.70. The lowest BCUT2D eigenvalue weighted by Crippen LogP contribution is -2.25. The van der Waals surface area contributed by atoms with E-state index in [4.69, 9.17) is 0 Å². The van der Waals surface area contributed by atoms with Crippen LogP contribution in [-0.4, -0.2) is 5.33 Å². The minimum atomic E-state index is 0.602. The van der Waals surface area contributed by atoms with Crippen molar-refractivity contribution in [1.29, 1.82) is 0 Å². The first kappa shape index (κ1) is 11.0. The van der Waals surface area contributed by atoms with Crippen LogP contribution < -0.4 is 0 Å². The molecule has 0 N–H and O–H groups in total. The summed E-state index contributed by atoms with van der Waals surface area (Å²) in [7, 11) is 0. The van der Waals surface area contributed by atoms with Gasteiger partial charge in [0.2, 0.25) is 0 Å². The summed E-state index contributed by atoms with van der Waals surface area (Å²) >= 11 is 3.70. The van der Waals surface area contributed by atoms with Crippen molar-refractivity contribution < 1.29 is 0 Å². The van der Waals surface area contributed by atoms with Gasteiger partial charge in [0.15, 0.2) is 0 Å². The van der Waals surface area contributed by atoms with E-state index in [1.807, 2.05) is 0 Å². The molecule has 0 heterocycles. The standard InChI is InChI=1S/C13H23Br/c1-9-5-6-13(7-10(9)2)11(8-14)12(13,3)4/h9-11H,5-8H2,1-4H3. The smallest absolute Gasteiger partial charge is 0.00704 e. The SMILES string of the molecule is CC1CCC2(CC1C)C(CBr)C2(C)C. The topological polar surface area (TPSA) is 0 Å². The van der Waals surface area contributed by atoms with Crippen LogP contribution in [0.5, 0.6) is 0 Å². The summed E-state index contributed by atoms with van der Waals surface area (Å²) in [5, 5.41) is 1.21. The van der Waals surface area contributed by atoms with E-state index in [1.165, 1.54) is 24.6 Å². The third-order valence-corrected chi connectivity index (χ3v) is 6.24. The first-order valence-electron chi connectivity index (χ1n) is 6.01. The lowest BCUT2D eigenvalue weighted by Gasteiger charge is -2.35. The first-order valence-corrected chi connectivity index (χ1v) is 7.14. The van der Waals surface area contributed by atoms with Gasteiger partial charge in [0.25, 0.3) is 0 Å². The highest BCUT2D eigenvalue weighted by Crippen LogP contribution is 2.75. The normalized spacial score (nSPS) is 50.8. The van der Waals surface area contributed by atoms with Gasteiger partial charge in [0.1, 0.15) is 0 Å². The fourth-order valence-electron chi connectivity index (χ4n) is 3.95. The number of halogens is 1. The number of hydrogen-bond donors (Lipinski definition) is 0. The Morgan fingerprint density at radius 3 is 2.29 bits per heavy atom. The van der Waals surface area contributed by atoms with E-state index < -0.39 is 0 Å². The second-order valence-corrected chi connectivity index (χ2v) is 6.93. The van der Waals surface area contributed by atoms with Crippen LogP contribution in [0.1, 0.15) is 47.0 Å². The summed E-state index contributed by atoms with van der Waals surface area (Å²) in [4.78, 5) is 0. The van der Waals surface area contributed by atoms with Gasteiger partial charge in [-0.1, -0.05) is 43.6 Å². The van der Waals surface area contributed by atoms with Gasteiger partial charge in [0.05, 0.1) is 0 Å². The molecule has 2 fully saturated rings. The quantitative estimate of drug-likeness (QED) is 0.609. The van der Waals surface area contributed by atoms with Gasteiger partial charge >= 0.3 is 0 Å². The lowest BCUT2D eigenvalue weighted by molar-refractivity contribution is 0.156. The van der Waals surface area contributed by atoms with Crippen molar-refractivity contribution in [1.82, 2.24) is 0 Å². The highest BCUT2D eigenvalue weighted by atomic mass is 79.9. The second kappa shape index (κ2) is 3.23. The first-order chi connectivity index (χ1) is 6.45. The fourth-order valence-corrected chi connectivity index (χ4v) is 5.38. The number of rotatable bonds is 1. The van der Waals surface area contributed by atoms with Crippen molar-refractivity contribution in [3.63, 3.8) is 0 Å². The maximum atomic E-state index is 3.70. The monoisotopic (exact) mass is 258 g/mol. The molecule has 0 radical (unpaired) electrons. The van der Waals surface area contributed by atoms with E-state index >= 15 is 0 Å². The Balaban J connectivity index is 2.13. The van der Waals surface area contributed by atoms with Crippen LogP contribution in [0.3, 0.4) is 0 Å². The molecule has 0 nitrogen and oxygen atoms in total. The van der Waals surface area contributed by atoms with E-state index in [1.54, 1.807) is 0 Å². The Morgan fingerprint density at radius 1 is 1.21 bits per heavy atom. The molecule has 0 amide bonds. The molecule has 0 aromatic heterocycles. The average molecular weight is 259 g/mol. The molecule has 2 rings (SSSR count). The van der Waals surface area contributed by atoms with Gasteiger partial charge in [0, 0.05) is 5.33 Å². The minimum Gasteiger partial charge on any atom is -0.0925 e. The summed E-state index contributed by atoms with van der Waals surface area (Å²) in [6.07, 6.45) is 4.40. The average Bonchev–Trinajstić information content (AvgIpc) is 2.55. The Labute approximate surface area is 97.0 Å². The van der Waals surface area contributed by atoms with Gasteiger partial charge in [-0.3, -0.25) is 0 Å². The van der Waals surface area contributed by atoms with Gasteiger partial charge in [-0.2, -0.15) is 0 Å². The highest BCUT2D eigenvalue weighted by molar-refractivity contribution is 9.09. The molecular weight excluding hydrogens is 236 g/mol. The summed E-state index contributed by atoms with van der Waals surface area (Å²) < 4.78 is 0.